The summed E-state index contributed by atoms with van der Waals surface area (Å²) in [4.78, 5) is 19.0. The van der Waals surface area contributed by atoms with Crippen molar-refractivity contribution in [3.63, 3.8) is 0 Å². The number of hydrogen-bond acceptors (Lipinski definition) is 5. The van der Waals surface area contributed by atoms with Crippen LogP contribution in [0.15, 0.2) is 41.0 Å². The Hall–Kier alpha value is -1.89. The van der Waals surface area contributed by atoms with Crippen LogP contribution in [0.3, 0.4) is 0 Å². The molecule has 0 saturated carbocycles. The SMILES string of the molecule is Cl.NCCNC(=O)C1CCCN(Cc2coc(-c3ccccc3)n2)C1. The number of likely N-dealkylation sites (tertiary alicyclic amines) is 1. The van der Waals surface area contributed by atoms with Crippen LogP contribution >= 0.6 is 12.4 Å². The molecule has 2 heterocycles. The largest absolute Gasteiger partial charge is 0.444 e. The Bertz CT molecular complexity index is 662. The van der Waals surface area contributed by atoms with Crippen LogP contribution in [0.5, 0.6) is 0 Å². The normalized spacial score (nSPS) is 17.7. The summed E-state index contributed by atoms with van der Waals surface area (Å²) in [5.74, 6) is 0.779. The molecule has 2 aromatic rings. The molecule has 1 aliphatic rings. The molecule has 0 radical (unpaired) electrons. The van der Waals surface area contributed by atoms with E-state index in [0.29, 0.717) is 25.5 Å². The number of nitrogens with zero attached hydrogens (tertiary/aromatic N) is 2. The van der Waals surface area contributed by atoms with Crippen LogP contribution in [-0.4, -0.2) is 42.0 Å². The molecule has 1 saturated heterocycles. The highest BCUT2D eigenvalue weighted by molar-refractivity contribution is 5.85. The first-order chi connectivity index (χ1) is 11.8. The first-order valence-corrected chi connectivity index (χ1v) is 8.46. The number of nitrogens with two attached hydrogens (primary N) is 1. The van der Waals surface area contributed by atoms with Gasteiger partial charge in [0.2, 0.25) is 11.8 Å². The highest BCUT2D eigenvalue weighted by Crippen LogP contribution is 2.21. The third kappa shape index (κ3) is 5.29. The molecule has 6 nitrogen and oxygen atoms in total. The lowest BCUT2D eigenvalue weighted by molar-refractivity contribution is -0.126. The Labute approximate surface area is 154 Å². The minimum Gasteiger partial charge on any atom is -0.444 e. The lowest BCUT2D eigenvalue weighted by atomic mass is 9.97. The number of oxazole rings is 1. The van der Waals surface area contributed by atoms with Crippen molar-refractivity contribution < 1.29 is 9.21 Å². The van der Waals surface area contributed by atoms with Crippen LogP contribution in [0.4, 0.5) is 0 Å². The van der Waals surface area contributed by atoms with Gasteiger partial charge in [0, 0.05) is 31.7 Å². The average Bonchev–Trinajstić information content (AvgIpc) is 3.09. The standard InChI is InChI=1S/C18H24N4O2.ClH/c19-8-9-20-17(23)15-7-4-10-22(11-15)12-16-13-24-18(21-16)14-5-2-1-3-6-14;/h1-3,5-6,13,15H,4,7-12,19H2,(H,20,23);1H. The zero-order chi connectivity index (χ0) is 16.8. The van der Waals surface area contributed by atoms with Gasteiger partial charge >= 0.3 is 0 Å². The van der Waals surface area contributed by atoms with Gasteiger partial charge in [-0.1, -0.05) is 18.2 Å². The second-order valence-electron chi connectivity index (χ2n) is 6.16. The molecule has 25 heavy (non-hydrogen) atoms. The van der Waals surface area contributed by atoms with Gasteiger partial charge in [0.15, 0.2) is 0 Å². The fraction of sp³-hybridized carbons (Fsp3) is 0.444. The van der Waals surface area contributed by atoms with Gasteiger partial charge in [-0.05, 0) is 31.5 Å². The molecule has 1 aliphatic heterocycles. The summed E-state index contributed by atoms with van der Waals surface area (Å²) in [6, 6.07) is 9.86. The number of nitrogens with one attached hydrogen (secondary N) is 1. The Balaban J connectivity index is 0.00000225. The second kappa shape index (κ2) is 9.56. The molecule has 1 unspecified atom stereocenters. The van der Waals surface area contributed by atoms with Crippen molar-refractivity contribution >= 4 is 18.3 Å². The van der Waals surface area contributed by atoms with Gasteiger partial charge in [-0.15, -0.1) is 12.4 Å². The van der Waals surface area contributed by atoms with Gasteiger partial charge < -0.3 is 15.5 Å². The van der Waals surface area contributed by atoms with Crippen molar-refractivity contribution in [1.29, 1.82) is 0 Å². The number of benzene rings is 1. The molecule has 136 valence electrons. The van der Waals surface area contributed by atoms with Gasteiger partial charge in [0.1, 0.15) is 6.26 Å². The zero-order valence-electron chi connectivity index (χ0n) is 14.2. The molecule has 3 N–H and O–H groups in total. The Kier molecular flexibility index (Phi) is 7.43. The minimum atomic E-state index is 0. The minimum absolute atomic E-state index is 0. The number of amides is 1. The molecule has 1 aromatic heterocycles. The molecule has 1 fully saturated rings. The van der Waals surface area contributed by atoms with Crippen LogP contribution < -0.4 is 11.1 Å². The first kappa shape index (κ1) is 19.4. The molecule has 7 heteroatoms. The highest BCUT2D eigenvalue weighted by Gasteiger charge is 2.26. The maximum absolute atomic E-state index is 12.1. The highest BCUT2D eigenvalue weighted by atomic mass is 35.5. The molecule has 0 spiro atoms. The number of carbonyl (C=O) groups is 1. The summed E-state index contributed by atoms with van der Waals surface area (Å²) >= 11 is 0. The lowest BCUT2D eigenvalue weighted by Gasteiger charge is -2.31. The van der Waals surface area contributed by atoms with E-state index in [4.69, 9.17) is 10.2 Å². The van der Waals surface area contributed by atoms with Crippen LogP contribution in [-0.2, 0) is 11.3 Å². The predicted octanol–water partition coefficient (Wildman–Crippen LogP) is 2.05. The topological polar surface area (TPSA) is 84.4 Å². The van der Waals surface area contributed by atoms with E-state index in [1.54, 1.807) is 6.26 Å². The average molecular weight is 365 g/mol. The van der Waals surface area contributed by atoms with Crippen molar-refractivity contribution in [2.24, 2.45) is 11.7 Å². The Morgan fingerprint density at radius 1 is 1.36 bits per heavy atom. The quantitative estimate of drug-likeness (QED) is 0.819. The summed E-state index contributed by atoms with van der Waals surface area (Å²) < 4.78 is 5.59. The van der Waals surface area contributed by atoms with Crippen molar-refractivity contribution in [3.05, 3.63) is 42.3 Å². The molecule has 3 rings (SSSR count). The van der Waals surface area contributed by atoms with Gasteiger partial charge in [-0.3, -0.25) is 9.69 Å². The third-order valence-corrected chi connectivity index (χ3v) is 4.28. The van der Waals surface area contributed by atoms with E-state index < -0.39 is 0 Å². The van der Waals surface area contributed by atoms with Crippen molar-refractivity contribution in [2.75, 3.05) is 26.2 Å². The summed E-state index contributed by atoms with van der Waals surface area (Å²) in [7, 11) is 0. The van der Waals surface area contributed by atoms with Crippen LogP contribution in [0.25, 0.3) is 11.5 Å². The second-order valence-corrected chi connectivity index (χ2v) is 6.16. The van der Waals surface area contributed by atoms with E-state index in [-0.39, 0.29) is 24.2 Å². The summed E-state index contributed by atoms with van der Waals surface area (Å²) in [5, 5.41) is 2.89. The van der Waals surface area contributed by atoms with Crippen LogP contribution in [0, 0.1) is 5.92 Å². The molecule has 0 aliphatic carbocycles. The molecule has 1 atom stereocenters. The summed E-state index contributed by atoms with van der Waals surface area (Å²) in [6.45, 7) is 3.46. The predicted molar refractivity (Wildman–Crippen MR) is 99.3 cm³/mol. The number of halogens is 1. The van der Waals surface area contributed by atoms with E-state index in [9.17, 15) is 4.79 Å². The fourth-order valence-corrected chi connectivity index (χ4v) is 3.07. The maximum Gasteiger partial charge on any atom is 0.226 e. The van der Waals surface area contributed by atoms with Crippen molar-refractivity contribution in [2.45, 2.75) is 19.4 Å². The number of piperidine rings is 1. The van der Waals surface area contributed by atoms with Crippen LogP contribution in [0.1, 0.15) is 18.5 Å². The molecule has 1 amide bonds. The molecule has 0 bridgehead atoms. The molecular weight excluding hydrogens is 340 g/mol. The van der Waals surface area contributed by atoms with Crippen LogP contribution in [0.2, 0.25) is 0 Å². The van der Waals surface area contributed by atoms with Gasteiger partial charge in [0.05, 0.1) is 11.6 Å². The summed E-state index contributed by atoms with van der Waals surface area (Å²) in [6.07, 6.45) is 3.66. The molecule has 1 aromatic carbocycles. The third-order valence-electron chi connectivity index (χ3n) is 4.28. The van der Waals surface area contributed by atoms with E-state index in [1.165, 1.54) is 0 Å². The van der Waals surface area contributed by atoms with Gasteiger partial charge in [-0.2, -0.15) is 0 Å². The van der Waals surface area contributed by atoms with E-state index in [1.807, 2.05) is 30.3 Å². The monoisotopic (exact) mass is 364 g/mol. The lowest BCUT2D eigenvalue weighted by Crippen LogP contribution is -2.43. The Morgan fingerprint density at radius 2 is 2.16 bits per heavy atom. The maximum atomic E-state index is 12.1. The van der Waals surface area contributed by atoms with Gasteiger partial charge in [-0.25, -0.2) is 4.98 Å². The van der Waals surface area contributed by atoms with E-state index in [0.717, 1.165) is 37.2 Å². The van der Waals surface area contributed by atoms with E-state index >= 15 is 0 Å². The van der Waals surface area contributed by atoms with Crippen molar-refractivity contribution in [3.8, 4) is 11.5 Å². The molecular formula is C18H25ClN4O2. The Morgan fingerprint density at radius 3 is 2.92 bits per heavy atom. The summed E-state index contributed by atoms with van der Waals surface area (Å²) in [5.41, 5.74) is 7.32. The number of hydrogen-bond donors (Lipinski definition) is 2. The van der Waals surface area contributed by atoms with E-state index in [2.05, 4.69) is 15.2 Å². The zero-order valence-corrected chi connectivity index (χ0v) is 15.0. The fourth-order valence-electron chi connectivity index (χ4n) is 3.07. The van der Waals surface area contributed by atoms with Gasteiger partial charge in [0.25, 0.3) is 0 Å². The number of rotatable bonds is 6. The number of aromatic nitrogens is 1. The first-order valence-electron chi connectivity index (χ1n) is 8.46. The van der Waals surface area contributed by atoms with Crippen molar-refractivity contribution in [1.82, 2.24) is 15.2 Å². The smallest absolute Gasteiger partial charge is 0.226 e. The number of carbonyl (C=O) groups excluding carboxylic acids is 1.